The van der Waals surface area contributed by atoms with E-state index in [0.717, 1.165) is 13.1 Å². The summed E-state index contributed by atoms with van der Waals surface area (Å²) in [5, 5.41) is 0. The zero-order chi connectivity index (χ0) is 16.9. The van der Waals surface area contributed by atoms with Crippen LogP contribution in [0.15, 0.2) is 0 Å². The molecule has 0 aromatic heterocycles. The summed E-state index contributed by atoms with van der Waals surface area (Å²) >= 11 is 0. The third-order valence-electron chi connectivity index (χ3n) is 6.51. The van der Waals surface area contributed by atoms with Crippen LogP contribution in [0.4, 0.5) is 0 Å². The summed E-state index contributed by atoms with van der Waals surface area (Å²) in [6, 6.07) is 0. The van der Waals surface area contributed by atoms with Crippen LogP contribution in [0, 0.1) is 10.8 Å². The molecule has 0 spiro atoms. The van der Waals surface area contributed by atoms with Gasteiger partial charge in [0.2, 0.25) is 0 Å². The normalized spacial score (nSPS) is 12.8. The van der Waals surface area contributed by atoms with Gasteiger partial charge in [-0.1, -0.05) is 66.2 Å². The molecular weight excluding hydrogens is 268 g/mol. The monoisotopic (exact) mass is 312 g/mol. The third kappa shape index (κ3) is 7.46. The second-order valence-corrected chi connectivity index (χ2v) is 7.41. The Morgan fingerprint density at radius 3 is 1.05 bits per heavy atom. The van der Waals surface area contributed by atoms with Gasteiger partial charge in [-0.2, -0.15) is 0 Å². The number of hydrogen-bond acceptors (Lipinski definition) is 2. The van der Waals surface area contributed by atoms with Crippen LogP contribution in [0.2, 0.25) is 0 Å². The van der Waals surface area contributed by atoms with Crippen LogP contribution < -0.4 is 11.5 Å². The Morgan fingerprint density at radius 2 is 0.818 bits per heavy atom. The van der Waals surface area contributed by atoms with Crippen LogP contribution in [0.5, 0.6) is 0 Å². The van der Waals surface area contributed by atoms with Gasteiger partial charge in [0.05, 0.1) is 0 Å². The zero-order valence-electron chi connectivity index (χ0n) is 16.1. The quantitative estimate of drug-likeness (QED) is 0.385. The molecule has 0 aliphatic heterocycles. The van der Waals surface area contributed by atoms with Crippen molar-refractivity contribution in [2.24, 2.45) is 22.3 Å². The van der Waals surface area contributed by atoms with Crippen molar-refractivity contribution >= 4 is 0 Å². The third-order valence-corrected chi connectivity index (χ3v) is 6.51. The second kappa shape index (κ2) is 12.4. The Morgan fingerprint density at radius 1 is 0.500 bits per heavy atom. The first-order valence-corrected chi connectivity index (χ1v) is 9.97. The maximum Gasteiger partial charge on any atom is -0.00773 e. The van der Waals surface area contributed by atoms with Crippen molar-refractivity contribution < 1.29 is 0 Å². The zero-order valence-corrected chi connectivity index (χ0v) is 16.1. The first-order chi connectivity index (χ1) is 10.6. The minimum absolute atomic E-state index is 0.554. The molecule has 0 aliphatic rings. The summed E-state index contributed by atoms with van der Waals surface area (Å²) in [7, 11) is 0. The highest BCUT2D eigenvalue weighted by Crippen LogP contribution is 2.45. The number of unbranched alkanes of at least 4 members (excludes halogenated alkanes) is 2. The molecule has 0 aromatic carbocycles. The van der Waals surface area contributed by atoms with Gasteiger partial charge in [0, 0.05) is 0 Å². The average Bonchev–Trinajstić information content (AvgIpc) is 2.57. The summed E-state index contributed by atoms with van der Waals surface area (Å²) in [4.78, 5) is 0. The maximum absolute atomic E-state index is 5.68. The van der Waals surface area contributed by atoms with Crippen molar-refractivity contribution in [1.29, 1.82) is 0 Å². The summed E-state index contributed by atoms with van der Waals surface area (Å²) in [6.07, 6.45) is 15.8. The molecular formula is C20H44N2. The summed E-state index contributed by atoms with van der Waals surface area (Å²) in [6.45, 7) is 11.2. The molecule has 0 aliphatic carbocycles. The van der Waals surface area contributed by atoms with Crippen molar-refractivity contribution in [3.05, 3.63) is 0 Å². The summed E-state index contributed by atoms with van der Waals surface area (Å²) in [5.74, 6) is 0. The van der Waals surface area contributed by atoms with Crippen molar-refractivity contribution in [3.8, 4) is 0 Å². The lowest BCUT2D eigenvalue weighted by atomic mass is 9.67. The number of nitrogens with two attached hydrogens (primary N) is 2. The molecule has 2 nitrogen and oxygen atoms in total. The van der Waals surface area contributed by atoms with E-state index in [-0.39, 0.29) is 0 Å². The molecule has 134 valence electrons. The molecule has 0 atom stereocenters. The van der Waals surface area contributed by atoms with Gasteiger partial charge < -0.3 is 11.5 Å². The highest BCUT2D eigenvalue weighted by Gasteiger charge is 2.31. The Bertz CT molecular complexity index is 216. The molecule has 0 heterocycles. The highest BCUT2D eigenvalue weighted by molar-refractivity contribution is 4.83. The van der Waals surface area contributed by atoms with Gasteiger partial charge in [0.25, 0.3) is 0 Å². The van der Waals surface area contributed by atoms with E-state index in [1.807, 2.05) is 0 Å². The average molecular weight is 313 g/mol. The van der Waals surface area contributed by atoms with Crippen molar-refractivity contribution in [3.63, 3.8) is 0 Å². The molecule has 0 rings (SSSR count). The smallest absolute Gasteiger partial charge is 0.00773 e. The summed E-state index contributed by atoms with van der Waals surface area (Å²) in [5.41, 5.74) is 12.5. The van der Waals surface area contributed by atoms with Gasteiger partial charge in [-0.15, -0.1) is 0 Å². The number of hydrogen-bond donors (Lipinski definition) is 2. The largest absolute Gasteiger partial charge is 0.330 e. The standard InChI is InChI=1S/C20H44N2/c1-5-19(6-2,13-9-11-17-21)15-16-20(7-3,8-4)14-10-12-18-22/h5-18,21-22H2,1-4H3. The molecule has 0 saturated carbocycles. The fourth-order valence-corrected chi connectivity index (χ4v) is 3.98. The van der Waals surface area contributed by atoms with Gasteiger partial charge in [0.1, 0.15) is 0 Å². The van der Waals surface area contributed by atoms with E-state index < -0.39 is 0 Å². The lowest BCUT2D eigenvalue weighted by Crippen LogP contribution is -2.26. The second-order valence-electron chi connectivity index (χ2n) is 7.41. The van der Waals surface area contributed by atoms with E-state index in [2.05, 4.69) is 27.7 Å². The Hall–Kier alpha value is -0.0800. The van der Waals surface area contributed by atoms with Crippen LogP contribution in [-0.2, 0) is 0 Å². The van der Waals surface area contributed by atoms with Crippen molar-refractivity contribution in [2.75, 3.05) is 13.1 Å². The van der Waals surface area contributed by atoms with Crippen LogP contribution in [0.25, 0.3) is 0 Å². The maximum atomic E-state index is 5.68. The molecule has 0 radical (unpaired) electrons. The van der Waals surface area contributed by atoms with Crippen LogP contribution in [0.1, 0.15) is 105 Å². The van der Waals surface area contributed by atoms with Crippen LogP contribution >= 0.6 is 0 Å². The van der Waals surface area contributed by atoms with Crippen LogP contribution in [0.3, 0.4) is 0 Å². The molecule has 4 N–H and O–H groups in total. The fraction of sp³-hybridized carbons (Fsp3) is 1.00. The van der Waals surface area contributed by atoms with Crippen LogP contribution in [-0.4, -0.2) is 13.1 Å². The van der Waals surface area contributed by atoms with E-state index in [0.29, 0.717) is 10.8 Å². The minimum atomic E-state index is 0.554. The van der Waals surface area contributed by atoms with Gasteiger partial charge in [0.15, 0.2) is 0 Å². The van der Waals surface area contributed by atoms with Crippen molar-refractivity contribution in [1.82, 2.24) is 0 Å². The molecule has 0 unspecified atom stereocenters. The Balaban J connectivity index is 4.66. The van der Waals surface area contributed by atoms with E-state index in [1.54, 1.807) is 0 Å². The predicted molar refractivity (Wildman–Crippen MR) is 101 cm³/mol. The summed E-state index contributed by atoms with van der Waals surface area (Å²) < 4.78 is 0. The van der Waals surface area contributed by atoms with Gasteiger partial charge in [-0.3, -0.25) is 0 Å². The predicted octanol–water partition coefficient (Wildman–Crippen LogP) is 5.64. The Labute approximate surface area is 140 Å². The fourth-order valence-electron chi connectivity index (χ4n) is 3.98. The molecule has 0 bridgehead atoms. The van der Waals surface area contributed by atoms with E-state index in [4.69, 9.17) is 11.5 Å². The molecule has 0 amide bonds. The molecule has 0 saturated heterocycles. The first kappa shape index (κ1) is 21.9. The SMILES string of the molecule is CCC(CC)(CCCCN)CCC(CC)(CC)CCCCN. The lowest BCUT2D eigenvalue weighted by Gasteiger charge is -2.39. The van der Waals surface area contributed by atoms with E-state index in [1.165, 1.54) is 77.0 Å². The van der Waals surface area contributed by atoms with Gasteiger partial charge >= 0.3 is 0 Å². The minimum Gasteiger partial charge on any atom is -0.330 e. The lowest BCUT2D eigenvalue weighted by molar-refractivity contribution is 0.133. The van der Waals surface area contributed by atoms with Gasteiger partial charge in [-0.25, -0.2) is 0 Å². The molecule has 0 aromatic rings. The topological polar surface area (TPSA) is 52.0 Å². The van der Waals surface area contributed by atoms with E-state index in [9.17, 15) is 0 Å². The first-order valence-electron chi connectivity index (χ1n) is 9.97. The molecule has 2 heteroatoms. The molecule has 22 heavy (non-hydrogen) atoms. The Kier molecular flexibility index (Phi) is 12.3. The van der Waals surface area contributed by atoms with Crippen molar-refractivity contribution in [2.45, 2.75) is 105 Å². The highest BCUT2D eigenvalue weighted by atomic mass is 14.5. The number of rotatable bonds is 15. The van der Waals surface area contributed by atoms with Gasteiger partial charge in [-0.05, 0) is 62.4 Å². The van der Waals surface area contributed by atoms with E-state index >= 15 is 0 Å². The molecule has 0 fully saturated rings.